The quantitative estimate of drug-likeness (QED) is 0.213. The highest BCUT2D eigenvalue weighted by molar-refractivity contribution is 6.23. The van der Waals surface area contributed by atoms with Gasteiger partial charge in [-0.3, -0.25) is 19.2 Å². The van der Waals surface area contributed by atoms with Crippen LogP contribution in [0.25, 0.3) is 11.1 Å². The molecule has 0 saturated heterocycles. The van der Waals surface area contributed by atoms with Crippen LogP contribution in [0.4, 0.5) is 0 Å². The molecule has 0 saturated carbocycles. The van der Waals surface area contributed by atoms with Gasteiger partial charge in [0.25, 0.3) is 0 Å². The van der Waals surface area contributed by atoms with Crippen LogP contribution >= 0.6 is 0 Å². The Kier molecular flexibility index (Phi) is 9.82. The minimum absolute atomic E-state index is 0.0161. The largest absolute Gasteiger partial charge is 0.430 e. The maximum absolute atomic E-state index is 13.2. The fourth-order valence-electron chi connectivity index (χ4n) is 6.41. The predicted octanol–water partition coefficient (Wildman–Crippen LogP) is 8.47. The zero-order valence-corrected chi connectivity index (χ0v) is 27.6. The number of aryl methyl sites for hydroxylation is 4. The van der Waals surface area contributed by atoms with Crippen molar-refractivity contribution in [1.29, 1.82) is 0 Å². The Morgan fingerprint density at radius 1 is 0.614 bits per heavy atom. The number of carbonyl (C=O) groups is 4. The number of rotatable bonds is 9. The first-order valence-electron chi connectivity index (χ1n) is 15.6. The third kappa shape index (κ3) is 8.02. The van der Waals surface area contributed by atoms with Crippen molar-refractivity contribution in [3.8, 4) is 0 Å². The predicted molar refractivity (Wildman–Crippen MR) is 172 cm³/mol. The molecule has 0 radical (unpaired) electrons. The van der Waals surface area contributed by atoms with E-state index in [2.05, 4.69) is 0 Å². The SMILES string of the molecule is Cc1ccc(C2=C(OC(=O)CCCCC(=O)OC3=C(c4ccc(C)cc4C)C(=O)CC(C)(C)C3)CC(C)(C)CC2=O)c(C)c1. The summed E-state index contributed by atoms with van der Waals surface area (Å²) in [5, 5.41) is 0. The number of allylic oxidation sites excluding steroid dienone is 4. The summed E-state index contributed by atoms with van der Waals surface area (Å²) >= 11 is 0. The second-order valence-electron chi connectivity index (χ2n) is 14.3. The van der Waals surface area contributed by atoms with Gasteiger partial charge in [-0.1, -0.05) is 75.2 Å². The average Bonchev–Trinajstić information content (AvgIpc) is 2.87. The molecule has 2 aliphatic carbocycles. The summed E-state index contributed by atoms with van der Waals surface area (Å²) < 4.78 is 11.7. The molecule has 0 heterocycles. The molecule has 2 aromatic rings. The highest BCUT2D eigenvalue weighted by Crippen LogP contribution is 2.43. The van der Waals surface area contributed by atoms with Crippen LogP contribution in [0.5, 0.6) is 0 Å². The van der Waals surface area contributed by atoms with Crippen LogP contribution in [0.2, 0.25) is 0 Å². The molecule has 2 aliphatic rings. The fraction of sp³-hybridized carbons (Fsp3) is 0.474. The molecule has 0 bridgehead atoms. The van der Waals surface area contributed by atoms with Crippen molar-refractivity contribution < 1.29 is 28.7 Å². The molecule has 2 aromatic carbocycles. The molecule has 6 heteroatoms. The molecule has 6 nitrogen and oxygen atoms in total. The maximum Gasteiger partial charge on any atom is 0.310 e. The minimum atomic E-state index is -0.416. The van der Waals surface area contributed by atoms with Crippen molar-refractivity contribution in [2.45, 2.75) is 107 Å². The lowest BCUT2D eigenvalue weighted by Gasteiger charge is -2.32. The molecular formula is C38H46O6. The number of carbonyl (C=O) groups excluding carboxylic acids is 4. The van der Waals surface area contributed by atoms with E-state index < -0.39 is 11.9 Å². The summed E-state index contributed by atoms with van der Waals surface area (Å²) in [6, 6.07) is 11.8. The van der Waals surface area contributed by atoms with Crippen molar-refractivity contribution >= 4 is 34.7 Å². The second-order valence-corrected chi connectivity index (χ2v) is 14.3. The number of ether oxygens (including phenoxy) is 2. The van der Waals surface area contributed by atoms with E-state index in [1.54, 1.807) is 0 Å². The Labute approximate surface area is 261 Å². The number of benzene rings is 2. The van der Waals surface area contributed by atoms with Crippen molar-refractivity contribution in [1.82, 2.24) is 0 Å². The van der Waals surface area contributed by atoms with Crippen molar-refractivity contribution in [2.24, 2.45) is 10.8 Å². The van der Waals surface area contributed by atoms with Gasteiger partial charge in [-0.25, -0.2) is 0 Å². The van der Waals surface area contributed by atoms with Gasteiger partial charge in [0.05, 0.1) is 11.1 Å². The van der Waals surface area contributed by atoms with Gasteiger partial charge in [-0.15, -0.1) is 0 Å². The lowest BCUT2D eigenvalue weighted by molar-refractivity contribution is -0.142. The number of unbranched alkanes of at least 4 members (excludes halogenated alkanes) is 1. The Hall–Kier alpha value is -3.80. The lowest BCUT2D eigenvalue weighted by atomic mass is 9.74. The van der Waals surface area contributed by atoms with Gasteiger partial charge in [0.2, 0.25) is 0 Å². The van der Waals surface area contributed by atoms with Crippen LogP contribution in [0.3, 0.4) is 0 Å². The zero-order valence-electron chi connectivity index (χ0n) is 27.6. The Morgan fingerprint density at radius 2 is 0.977 bits per heavy atom. The summed E-state index contributed by atoms with van der Waals surface area (Å²) in [4.78, 5) is 52.3. The molecule has 0 amide bonds. The topological polar surface area (TPSA) is 86.7 Å². The normalized spacial score (nSPS) is 18.0. The molecule has 44 heavy (non-hydrogen) atoms. The Bertz CT molecular complexity index is 1450. The number of esters is 2. The summed E-state index contributed by atoms with van der Waals surface area (Å²) in [5.74, 6) is -0.00688. The highest BCUT2D eigenvalue weighted by atomic mass is 16.5. The van der Waals surface area contributed by atoms with E-state index in [0.29, 0.717) is 61.2 Å². The van der Waals surface area contributed by atoms with Crippen LogP contribution in [0.1, 0.15) is 112 Å². The smallest absolute Gasteiger partial charge is 0.310 e. The summed E-state index contributed by atoms with van der Waals surface area (Å²) in [5.41, 5.74) is 6.14. The third-order valence-corrected chi connectivity index (χ3v) is 8.46. The van der Waals surface area contributed by atoms with Gasteiger partial charge in [0, 0.05) is 38.5 Å². The van der Waals surface area contributed by atoms with E-state index in [1.807, 2.05) is 91.8 Å². The van der Waals surface area contributed by atoms with Gasteiger partial charge < -0.3 is 9.47 Å². The molecule has 0 spiro atoms. The Morgan fingerprint density at radius 3 is 1.32 bits per heavy atom. The molecule has 0 aliphatic heterocycles. The molecule has 4 rings (SSSR count). The summed E-state index contributed by atoms with van der Waals surface area (Å²) in [7, 11) is 0. The lowest BCUT2D eigenvalue weighted by Crippen LogP contribution is -2.27. The molecule has 234 valence electrons. The van der Waals surface area contributed by atoms with E-state index in [1.165, 1.54) is 0 Å². The molecule has 0 aromatic heterocycles. The minimum Gasteiger partial charge on any atom is -0.430 e. The van der Waals surface area contributed by atoms with Crippen LogP contribution in [-0.4, -0.2) is 23.5 Å². The number of ketones is 2. The molecule has 0 atom stereocenters. The highest BCUT2D eigenvalue weighted by Gasteiger charge is 2.37. The number of hydrogen-bond donors (Lipinski definition) is 0. The first-order valence-corrected chi connectivity index (χ1v) is 15.6. The van der Waals surface area contributed by atoms with E-state index >= 15 is 0 Å². The van der Waals surface area contributed by atoms with Crippen LogP contribution in [0, 0.1) is 38.5 Å². The van der Waals surface area contributed by atoms with E-state index in [9.17, 15) is 19.2 Å². The first kappa shape index (κ1) is 33.1. The van der Waals surface area contributed by atoms with Crippen LogP contribution in [-0.2, 0) is 28.7 Å². The third-order valence-electron chi connectivity index (χ3n) is 8.46. The van der Waals surface area contributed by atoms with Crippen LogP contribution in [0.15, 0.2) is 47.9 Å². The van der Waals surface area contributed by atoms with E-state index in [-0.39, 0.29) is 35.2 Å². The van der Waals surface area contributed by atoms with E-state index in [0.717, 1.165) is 33.4 Å². The zero-order chi connectivity index (χ0) is 32.4. The summed E-state index contributed by atoms with van der Waals surface area (Å²) in [6.45, 7) is 16.0. The van der Waals surface area contributed by atoms with Gasteiger partial charge in [-0.05, 0) is 73.6 Å². The van der Waals surface area contributed by atoms with Gasteiger partial charge >= 0.3 is 11.9 Å². The standard InChI is InChI=1S/C38H46O6/c1-23-13-15-27(25(3)17-23)35-29(39)19-37(5,6)21-31(35)43-33(41)11-9-10-12-34(42)44-32-22-38(7,8)20-30(40)36(32)28-16-14-24(2)18-26(28)4/h13-18H,9-12,19-22H2,1-8H3. The van der Waals surface area contributed by atoms with E-state index in [4.69, 9.17) is 9.47 Å². The monoisotopic (exact) mass is 598 g/mol. The van der Waals surface area contributed by atoms with Crippen molar-refractivity contribution in [3.05, 3.63) is 81.3 Å². The average molecular weight is 599 g/mol. The molecule has 0 unspecified atom stereocenters. The molecule has 0 N–H and O–H groups in total. The van der Waals surface area contributed by atoms with Crippen molar-refractivity contribution in [2.75, 3.05) is 0 Å². The molecule has 0 fully saturated rings. The maximum atomic E-state index is 13.2. The Balaban J connectivity index is 1.41. The fourth-order valence-corrected chi connectivity index (χ4v) is 6.41. The first-order chi connectivity index (χ1) is 20.5. The van der Waals surface area contributed by atoms with Gasteiger partial charge in [0.15, 0.2) is 11.6 Å². The van der Waals surface area contributed by atoms with Gasteiger partial charge in [-0.2, -0.15) is 0 Å². The van der Waals surface area contributed by atoms with Gasteiger partial charge in [0.1, 0.15) is 11.5 Å². The number of hydrogen-bond acceptors (Lipinski definition) is 6. The molecular weight excluding hydrogens is 552 g/mol. The number of Topliss-reactive ketones (excluding diaryl/α,β-unsaturated/α-hetero) is 2. The van der Waals surface area contributed by atoms with Crippen molar-refractivity contribution in [3.63, 3.8) is 0 Å². The van der Waals surface area contributed by atoms with Crippen LogP contribution < -0.4 is 0 Å². The summed E-state index contributed by atoms with van der Waals surface area (Å²) in [6.07, 6.45) is 2.88. The second kappa shape index (κ2) is 13.1.